The van der Waals surface area contributed by atoms with Gasteiger partial charge in [-0.3, -0.25) is 10.1 Å². The topological polar surface area (TPSA) is 55.2 Å². The van der Waals surface area contributed by atoms with Crippen LogP contribution in [0.3, 0.4) is 0 Å². The molecule has 0 amide bonds. The van der Waals surface area contributed by atoms with Crippen LogP contribution in [0.1, 0.15) is 44.6 Å². The SMILES string of the molecule is CC1(CNCc2ccc([N+](=O)[O-])cc2Br)CCCCC1. The summed E-state index contributed by atoms with van der Waals surface area (Å²) in [5.74, 6) is 0. The molecule has 0 radical (unpaired) electrons. The third-order valence-electron chi connectivity index (χ3n) is 4.18. The summed E-state index contributed by atoms with van der Waals surface area (Å²) < 4.78 is 0.799. The molecule has 1 aliphatic rings. The van der Waals surface area contributed by atoms with E-state index in [0.717, 1.165) is 23.1 Å². The first-order chi connectivity index (χ1) is 9.50. The molecule has 4 nitrogen and oxygen atoms in total. The van der Waals surface area contributed by atoms with E-state index in [2.05, 4.69) is 28.2 Å². The summed E-state index contributed by atoms with van der Waals surface area (Å²) in [4.78, 5) is 10.3. The Balaban J connectivity index is 1.89. The molecule has 110 valence electrons. The van der Waals surface area contributed by atoms with Crippen molar-refractivity contribution in [3.05, 3.63) is 38.3 Å². The van der Waals surface area contributed by atoms with Gasteiger partial charge in [0.05, 0.1) is 4.92 Å². The largest absolute Gasteiger partial charge is 0.312 e. The van der Waals surface area contributed by atoms with Gasteiger partial charge in [0.25, 0.3) is 5.69 Å². The molecule has 1 aromatic rings. The second kappa shape index (κ2) is 6.68. The van der Waals surface area contributed by atoms with E-state index in [1.165, 1.54) is 32.1 Å². The summed E-state index contributed by atoms with van der Waals surface area (Å²) in [7, 11) is 0. The predicted molar refractivity (Wildman–Crippen MR) is 83.7 cm³/mol. The van der Waals surface area contributed by atoms with Crippen molar-refractivity contribution in [2.75, 3.05) is 6.54 Å². The highest BCUT2D eigenvalue weighted by Crippen LogP contribution is 2.35. The maximum absolute atomic E-state index is 10.7. The highest BCUT2D eigenvalue weighted by Gasteiger charge is 2.26. The number of hydrogen-bond acceptors (Lipinski definition) is 3. The summed E-state index contributed by atoms with van der Waals surface area (Å²) in [5, 5.41) is 14.2. The molecule has 0 atom stereocenters. The number of rotatable bonds is 5. The average molecular weight is 341 g/mol. The first-order valence-electron chi connectivity index (χ1n) is 7.14. The molecule has 0 aliphatic heterocycles. The Morgan fingerprint density at radius 1 is 1.35 bits per heavy atom. The van der Waals surface area contributed by atoms with E-state index in [-0.39, 0.29) is 10.6 Å². The van der Waals surface area contributed by atoms with Crippen molar-refractivity contribution in [2.24, 2.45) is 5.41 Å². The Kier molecular flexibility index (Phi) is 5.16. The molecule has 20 heavy (non-hydrogen) atoms. The van der Waals surface area contributed by atoms with Crippen molar-refractivity contribution < 1.29 is 4.92 Å². The Bertz CT molecular complexity index is 485. The quantitative estimate of drug-likeness (QED) is 0.637. The van der Waals surface area contributed by atoms with E-state index >= 15 is 0 Å². The molecule has 1 aliphatic carbocycles. The fourth-order valence-electron chi connectivity index (χ4n) is 2.87. The molecule has 0 bridgehead atoms. The molecule has 0 heterocycles. The molecule has 1 N–H and O–H groups in total. The molecule has 1 saturated carbocycles. The van der Waals surface area contributed by atoms with Crippen molar-refractivity contribution in [1.29, 1.82) is 0 Å². The van der Waals surface area contributed by atoms with E-state index in [1.807, 2.05) is 6.07 Å². The Morgan fingerprint density at radius 2 is 2.05 bits per heavy atom. The van der Waals surface area contributed by atoms with E-state index in [4.69, 9.17) is 0 Å². The molecule has 0 aromatic heterocycles. The van der Waals surface area contributed by atoms with Crippen LogP contribution in [-0.2, 0) is 6.54 Å². The third kappa shape index (κ3) is 4.03. The number of nitrogens with one attached hydrogen (secondary N) is 1. The fraction of sp³-hybridized carbons (Fsp3) is 0.600. The van der Waals surface area contributed by atoms with E-state index in [0.29, 0.717) is 5.41 Å². The number of non-ortho nitro benzene ring substituents is 1. The van der Waals surface area contributed by atoms with Gasteiger partial charge in [-0.1, -0.05) is 42.1 Å². The zero-order chi connectivity index (χ0) is 14.6. The maximum atomic E-state index is 10.7. The smallest absolute Gasteiger partial charge is 0.270 e. The summed E-state index contributed by atoms with van der Waals surface area (Å²) in [6.07, 6.45) is 6.62. The van der Waals surface area contributed by atoms with Gasteiger partial charge in [-0.05, 0) is 29.9 Å². The zero-order valence-corrected chi connectivity index (χ0v) is 13.4. The second-order valence-electron chi connectivity index (χ2n) is 6.01. The van der Waals surface area contributed by atoms with Crippen LogP contribution in [0, 0.1) is 15.5 Å². The van der Waals surface area contributed by atoms with Crippen LogP contribution in [0.4, 0.5) is 5.69 Å². The van der Waals surface area contributed by atoms with Gasteiger partial charge in [-0.2, -0.15) is 0 Å². The summed E-state index contributed by atoms with van der Waals surface area (Å²) >= 11 is 3.41. The summed E-state index contributed by atoms with van der Waals surface area (Å²) in [6.45, 7) is 4.11. The van der Waals surface area contributed by atoms with Gasteiger partial charge < -0.3 is 5.32 Å². The summed E-state index contributed by atoms with van der Waals surface area (Å²) in [5.41, 5.74) is 1.60. The van der Waals surface area contributed by atoms with Gasteiger partial charge in [0.1, 0.15) is 0 Å². The minimum atomic E-state index is -0.370. The normalized spacial score (nSPS) is 17.9. The van der Waals surface area contributed by atoms with Crippen molar-refractivity contribution in [1.82, 2.24) is 5.32 Å². The van der Waals surface area contributed by atoms with Crippen LogP contribution in [0.25, 0.3) is 0 Å². The van der Waals surface area contributed by atoms with Crippen LogP contribution < -0.4 is 5.32 Å². The van der Waals surface area contributed by atoms with Crippen LogP contribution in [0.2, 0.25) is 0 Å². The van der Waals surface area contributed by atoms with Gasteiger partial charge in [0.2, 0.25) is 0 Å². The van der Waals surface area contributed by atoms with Gasteiger partial charge in [0.15, 0.2) is 0 Å². The number of benzene rings is 1. The summed E-state index contributed by atoms with van der Waals surface area (Å²) in [6, 6.07) is 4.95. The first kappa shape index (κ1) is 15.4. The van der Waals surface area contributed by atoms with E-state index in [9.17, 15) is 10.1 Å². The lowest BCUT2D eigenvalue weighted by Gasteiger charge is -2.33. The predicted octanol–water partition coefficient (Wildman–Crippen LogP) is 4.42. The van der Waals surface area contributed by atoms with Gasteiger partial charge in [0, 0.05) is 29.7 Å². The second-order valence-corrected chi connectivity index (χ2v) is 6.86. The molecular formula is C15H21BrN2O2. The molecule has 1 aromatic carbocycles. The average Bonchev–Trinajstić information content (AvgIpc) is 2.41. The van der Waals surface area contributed by atoms with Crippen molar-refractivity contribution in [2.45, 2.75) is 45.6 Å². The highest BCUT2D eigenvalue weighted by atomic mass is 79.9. The van der Waals surface area contributed by atoms with E-state index in [1.54, 1.807) is 12.1 Å². The number of nitrogens with zero attached hydrogens (tertiary/aromatic N) is 1. The van der Waals surface area contributed by atoms with Gasteiger partial charge in [-0.15, -0.1) is 0 Å². The first-order valence-corrected chi connectivity index (χ1v) is 7.93. The minimum Gasteiger partial charge on any atom is -0.312 e. The van der Waals surface area contributed by atoms with Crippen LogP contribution in [0.5, 0.6) is 0 Å². The van der Waals surface area contributed by atoms with Crippen LogP contribution in [-0.4, -0.2) is 11.5 Å². The van der Waals surface area contributed by atoms with Crippen molar-refractivity contribution in [3.63, 3.8) is 0 Å². The lowest BCUT2D eigenvalue weighted by atomic mass is 9.76. The van der Waals surface area contributed by atoms with Crippen LogP contribution in [0.15, 0.2) is 22.7 Å². The number of hydrogen-bond donors (Lipinski definition) is 1. The fourth-order valence-corrected chi connectivity index (χ4v) is 3.38. The molecular weight excluding hydrogens is 320 g/mol. The van der Waals surface area contributed by atoms with Gasteiger partial charge >= 0.3 is 0 Å². The lowest BCUT2D eigenvalue weighted by molar-refractivity contribution is -0.384. The standard InChI is InChI=1S/C15H21BrN2O2/c1-15(7-3-2-4-8-15)11-17-10-12-5-6-13(18(19)20)9-14(12)16/h5-6,9,17H,2-4,7-8,10-11H2,1H3. The molecule has 2 rings (SSSR count). The minimum absolute atomic E-state index is 0.125. The van der Waals surface area contributed by atoms with Crippen molar-refractivity contribution >= 4 is 21.6 Å². The number of nitro benzene ring substituents is 1. The molecule has 0 saturated heterocycles. The Morgan fingerprint density at radius 3 is 2.65 bits per heavy atom. The third-order valence-corrected chi connectivity index (χ3v) is 4.91. The molecule has 1 fully saturated rings. The number of nitro groups is 1. The number of halogens is 1. The monoisotopic (exact) mass is 340 g/mol. The molecule has 0 unspecified atom stereocenters. The Labute approximate surface area is 128 Å². The molecule has 0 spiro atoms. The maximum Gasteiger partial charge on any atom is 0.270 e. The lowest BCUT2D eigenvalue weighted by Crippen LogP contribution is -2.33. The zero-order valence-electron chi connectivity index (χ0n) is 11.8. The highest BCUT2D eigenvalue weighted by molar-refractivity contribution is 9.10. The van der Waals surface area contributed by atoms with E-state index < -0.39 is 0 Å². The van der Waals surface area contributed by atoms with Gasteiger partial charge in [-0.25, -0.2) is 0 Å². The van der Waals surface area contributed by atoms with Crippen LogP contribution >= 0.6 is 15.9 Å². The molecule has 5 heteroatoms. The van der Waals surface area contributed by atoms with Crippen molar-refractivity contribution in [3.8, 4) is 0 Å². The Hall–Kier alpha value is -0.940.